The van der Waals surface area contributed by atoms with Crippen molar-refractivity contribution in [3.63, 3.8) is 0 Å². The lowest BCUT2D eigenvalue weighted by Gasteiger charge is -2.26. The van der Waals surface area contributed by atoms with Gasteiger partial charge in [-0.25, -0.2) is 4.39 Å². The van der Waals surface area contributed by atoms with Gasteiger partial charge in [0.2, 0.25) is 5.91 Å². The van der Waals surface area contributed by atoms with Crippen LogP contribution in [0.4, 0.5) is 4.39 Å². The van der Waals surface area contributed by atoms with E-state index in [4.69, 9.17) is 4.74 Å². The van der Waals surface area contributed by atoms with Crippen LogP contribution in [0.25, 0.3) is 5.57 Å². The first-order valence-electron chi connectivity index (χ1n) is 7.70. The maximum Gasteiger partial charge on any atom is 0.244 e. The maximum atomic E-state index is 13.0. The van der Waals surface area contributed by atoms with E-state index in [1.165, 1.54) is 12.1 Å². The molecule has 0 aromatic heterocycles. The summed E-state index contributed by atoms with van der Waals surface area (Å²) >= 11 is 3.45. The van der Waals surface area contributed by atoms with Crippen molar-refractivity contribution in [1.29, 1.82) is 0 Å². The number of carbonyl (C=O) groups is 1. The number of allylic oxidation sites excluding steroid dienone is 1. The standard InChI is InChI=1S/C19H17BrFNO2/c1-12(13-2-5-15(21)6-3-13)10-19(23)22-17-8-9-24-18-7-4-14(20)11-16(17)18/h2-7,10-11,17H,8-9H2,1H3,(H,22,23)/b12-10+. The SMILES string of the molecule is C/C(=C\C(=O)NC1CCOc2ccc(Br)cc21)c1ccc(F)cc1. The number of halogens is 2. The molecule has 1 atom stereocenters. The Morgan fingerprint density at radius 3 is 2.79 bits per heavy atom. The molecule has 0 saturated heterocycles. The molecule has 0 radical (unpaired) electrons. The van der Waals surface area contributed by atoms with Crippen molar-refractivity contribution >= 4 is 27.4 Å². The quantitative estimate of drug-likeness (QED) is 0.776. The summed E-state index contributed by atoms with van der Waals surface area (Å²) in [5, 5.41) is 3.02. The van der Waals surface area contributed by atoms with Crippen LogP contribution in [-0.4, -0.2) is 12.5 Å². The molecular weight excluding hydrogens is 373 g/mol. The van der Waals surface area contributed by atoms with Crippen LogP contribution in [0.5, 0.6) is 5.75 Å². The second-order valence-corrected chi connectivity index (χ2v) is 6.63. The second-order valence-electron chi connectivity index (χ2n) is 5.71. The van der Waals surface area contributed by atoms with Crippen molar-refractivity contribution < 1.29 is 13.9 Å². The second kappa shape index (κ2) is 7.18. The monoisotopic (exact) mass is 389 g/mol. The molecule has 1 heterocycles. The molecule has 0 fully saturated rings. The zero-order valence-corrected chi connectivity index (χ0v) is 14.8. The largest absolute Gasteiger partial charge is 0.493 e. The number of amides is 1. The van der Waals surface area contributed by atoms with E-state index in [0.717, 1.165) is 33.3 Å². The van der Waals surface area contributed by atoms with E-state index in [2.05, 4.69) is 21.2 Å². The first-order chi connectivity index (χ1) is 11.5. The summed E-state index contributed by atoms with van der Waals surface area (Å²) in [5.74, 6) is 0.337. The van der Waals surface area contributed by atoms with Gasteiger partial charge < -0.3 is 10.1 Å². The zero-order valence-electron chi connectivity index (χ0n) is 13.2. The predicted molar refractivity (Wildman–Crippen MR) is 95.2 cm³/mol. The van der Waals surface area contributed by atoms with Crippen LogP contribution in [0.3, 0.4) is 0 Å². The van der Waals surface area contributed by atoms with Gasteiger partial charge >= 0.3 is 0 Å². The van der Waals surface area contributed by atoms with Gasteiger partial charge in [-0.05, 0) is 48.4 Å². The van der Waals surface area contributed by atoms with Gasteiger partial charge in [-0.2, -0.15) is 0 Å². The van der Waals surface area contributed by atoms with Gasteiger partial charge in [0.05, 0.1) is 12.6 Å². The molecule has 1 aliphatic heterocycles. The van der Waals surface area contributed by atoms with Crippen LogP contribution in [-0.2, 0) is 4.79 Å². The number of ether oxygens (including phenoxy) is 1. The average molecular weight is 390 g/mol. The Hall–Kier alpha value is -2.14. The van der Waals surface area contributed by atoms with E-state index in [1.54, 1.807) is 18.2 Å². The van der Waals surface area contributed by atoms with Crippen molar-refractivity contribution in [1.82, 2.24) is 5.32 Å². The summed E-state index contributed by atoms with van der Waals surface area (Å²) in [6.07, 6.45) is 2.26. The highest BCUT2D eigenvalue weighted by Gasteiger charge is 2.22. The molecule has 3 nitrogen and oxygen atoms in total. The molecule has 3 rings (SSSR count). The van der Waals surface area contributed by atoms with E-state index >= 15 is 0 Å². The van der Waals surface area contributed by atoms with Crippen molar-refractivity contribution in [3.05, 3.63) is 70.0 Å². The van der Waals surface area contributed by atoms with Crippen LogP contribution in [0.2, 0.25) is 0 Å². The van der Waals surface area contributed by atoms with Crippen LogP contribution in [0.1, 0.15) is 30.5 Å². The van der Waals surface area contributed by atoms with E-state index < -0.39 is 0 Å². The van der Waals surface area contributed by atoms with Crippen molar-refractivity contribution in [2.45, 2.75) is 19.4 Å². The topological polar surface area (TPSA) is 38.3 Å². The van der Waals surface area contributed by atoms with Gasteiger partial charge in [-0.3, -0.25) is 4.79 Å². The van der Waals surface area contributed by atoms with Gasteiger partial charge in [0.25, 0.3) is 0 Å². The smallest absolute Gasteiger partial charge is 0.244 e. The third-order valence-electron chi connectivity index (χ3n) is 3.97. The molecule has 1 aliphatic rings. The minimum Gasteiger partial charge on any atom is -0.493 e. The molecule has 1 N–H and O–H groups in total. The molecule has 1 amide bonds. The summed E-state index contributed by atoms with van der Waals surface area (Å²) < 4.78 is 19.6. The summed E-state index contributed by atoms with van der Waals surface area (Å²) in [6, 6.07) is 11.8. The summed E-state index contributed by atoms with van der Waals surface area (Å²) in [4.78, 5) is 12.3. The average Bonchev–Trinajstić information content (AvgIpc) is 2.56. The lowest BCUT2D eigenvalue weighted by molar-refractivity contribution is -0.117. The van der Waals surface area contributed by atoms with Crippen molar-refractivity contribution in [2.75, 3.05) is 6.61 Å². The molecule has 0 saturated carbocycles. The lowest BCUT2D eigenvalue weighted by atomic mass is 10.0. The van der Waals surface area contributed by atoms with E-state index in [0.29, 0.717) is 6.61 Å². The van der Waals surface area contributed by atoms with Crippen molar-refractivity contribution in [3.8, 4) is 5.75 Å². The van der Waals surface area contributed by atoms with Crippen LogP contribution >= 0.6 is 15.9 Å². The summed E-state index contributed by atoms with van der Waals surface area (Å²) in [7, 11) is 0. The first-order valence-corrected chi connectivity index (χ1v) is 8.49. The molecule has 1 unspecified atom stereocenters. The molecule has 0 bridgehead atoms. The fraction of sp³-hybridized carbons (Fsp3) is 0.211. The first kappa shape index (κ1) is 16.7. The van der Waals surface area contributed by atoms with Gasteiger partial charge in [0.1, 0.15) is 11.6 Å². The Balaban J connectivity index is 1.75. The number of rotatable bonds is 3. The van der Waals surface area contributed by atoms with E-state index in [9.17, 15) is 9.18 Å². The molecule has 24 heavy (non-hydrogen) atoms. The molecule has 0 spiro atoms. The third-order valence-corrected chi connectivity index (χ3v) is 4.47. The zero-order chi connectivity index (χ0) is 17.1. The molecule has 2 aromatic carbocycles. The Morgan fingerprint density at radius 2 is 2.04 bits per heavy atom. The summed E-state index contributed by atoms with van der Waals surface area (Å²) in [6.45, 7) is 2.40. The minimum absolute atomic E-state index is 0.0870. The number of hydrogen-bond acceptors (Lipinski definition) is 2. The highest BCUT2D eigenvalue weighted by molar-refractivity contribution is 9.10. The summed E-state index contributed by atoms with van der Waals surface area (Å²) in [5.41, 5.74) is 2.58. The van der Waals surface area contributed by atoms with Crippen molar-refractivity contribution in [2.24, 2.45) is 0 Å². The Kier molecular flexibility index (Phi) is 5.00. The molecule has 5 heteroatoms. The minimum atomic E-state index is -0.291. The van der Waals surface area contributed by atoms with Gasteiger partial charge in [0, 0.05) is 22.5 Å². The highest BCUT2D eigenvalue weighted by atomic mass is 79.9. The van der Waals surface area contributed by atoms with Crippen LogP contribution < -0.4 is 10.1 Å². The maximum absolute atomic E-state index is 13.0. The fourth-order valence-electron chi connectivity index (χ4n) is 2.72. The number of hydrogen-bond donors (Lipinski definition) is 1. The van der Waals surface area contributed by atoms with Crippen LogP contribution in [0, 0.1) is 5.82 Å². The van der Waals surface area contributed by atoms with Gasteiger partial charge in [0.15, 0.2) is 0 Å². The number of carbonyl (C=O) groups excluding carboxylic acids is 1. The fourth-order valence-corrected chi connectivity index (χ4v) is 3.10. The predicted octanol–water partition coefficient (Wildman–Crippen LogP) is 4.63. The van der Waals surface area contributed by atoms with E-state index in [1.807, 2.05) is 25.1 Å². The van der Waals surface area contributed by atoms with Gasteiger partial charge in [-0.1, -0.05) is 28.1 Å². The molecule has 2 aromatic rings. The number of fused-ring (bicyclic) bond motifs is 1. The van der Waals surface area contributed by atoms with E-state index in [-0.39, 0.29) is 17.8 Å². The third kappa shape index (κ3) is 3.85. The normalized spacial score (nSPS) is 17.0. The molecular formula is C19H17BrFNO2. The number of nitrogens with one attached hydrogen (secondary N) is 1. The van der Waals surface area contributed by atoms with Crippen LogP contribution in [0.15, 0.2) is 53.0 Å². The van der Waals surface area contributed by atoms with Gasteiger partial charge in [-0.15, -0.1) is 0 Å². The molecule has 124 valence electrons. The molecule has 0 aliphatic carbocycles. The Morgan fingerprint density at radius 1 is 1.29 bits per heavy atom. The highest BCUT2D eigenvalue weighted by Crippen LogP contribution is 2.34. The Bertz CT molecular complexity index is 786. The number of benzene rings is 2. The lowest BCUT2D eigenvalue weighted by Crippen LogP contribution is -2.31. The Labute approximate surface area is 148 Å².